The minimum Gasteiger partial charge on any atom is -0.743 e. The van der Waals surface area contributed by atoms with Gasteiger partial charge in [0.05, 0.1) is 0 Å². The van der Waals surface area contributed by atoms with Crippen molar-refractivity contribution in [2.75, 3.05) is 0 Å². The third-order valence-corrected chi connectivity index (χ3v) is 2.97. The van der Waals surface area contributed by atoms with Gasteiger partial charge in [0.1, 0.15) is 0 Å². The van der Waals surface area contributed by atoms with Crippen LogP contribution in [0.15, 0.2) is 0 Å². The Balaban J connectivity index is -0.000000500. The molecule has 0 atom stereocenters. The smallest absolute Gasteiger partial charge is 0.743 e. The second-order valence-corrected chi connectivity index (χ2v) is 4.47. The van der Waals surface area contributed by atoms with Crippen molar-refractivity contribution in [3.63, 3.8) is 0 Å². The van der Waals surface area contributed by atoms with E-state index in [4.69, 9.17) is 0 Å². The van der Waals surface area contributed by atoms with Crippen molar-refractivity contribution in [1.29, 1.82) is 0 Å². The fourth-order valence-electron chi connectivity index (χ4n) is 0.125. The molecule has 0 saturated heterocycles. The molecule has 68 valence electrons. The van der Waals surface area contributed by atoms with E-state index in [9.17, 15) is 34.7 Å². The van der Waals surface area contributed by atoms with Gasteiger partial charge in [0.25, 0.3) is 0 Å². The predicted molar refractivity (Wildman–Crippen MR) is 24.3 cm³/mol. The molecule has 0 aliphatic heterocycles. The molecule has 0 rings (SSSR count). The number of hydrogen-bond donors (Lipinski definition) is 0. The Morgan fingerprint density at radius 3 is 1.00 bits per heavy atom. The number of alkyl halides is 2. The molecule has 0 saturated carbocycles. The molecule has 0 fully saturated rings. The van der Waals surface area contributed by atoms with Crippen LogP contribution in [0.5, 0.6) is 0 Å². The Morgan fingerprint density at radius 2 is 1.00 bits per heavy atom. The molecule has 0 aromatic carbocycles. The second-order valence-electron chi connectivity index (χ2n) is 1.37. The molecule has 0 aliphatic carbocycles. The van der Waals surface area contributed by atoms with Crippen LogP contribution in [-0.2, 0) is 20.2 Å². The second kappa shape index (κ2) is 5.10. The van der Waals surface area contributed by atoms with E-state index in [-0.39, 0.29) is 37.7 Å². The summed E-state index contributed by atoms with van der Waals surface area (Å²) < 4.78 is 74.0. The Labute approximate surface area is 96.9 Å². The maximum atomic E-state index is 11.6. The Bertz CT molecular complexity index is 309. The van der Waals surface area contributed by atoms with Crippen molar-refractivity contribution in [1.82, 2.24) is 0 Å². The first kappa shape index (κ1) is 19.4. The number of hydrogen-bond acceptors (Lipinski definition) is 6. The van der Waals surface area contributed by atoms with Crippen LogP contribution in [-0.4, -0.2) is 30.5 Å². The summed E-state index contributed by atoms with van der Waals surface area (Å²) in [6, 6.07) is 0. The normalized spacial score (nSPS) is 12.6. The Morgan fingerprint density at radius 1 is 0.846 bits per heavy atom. The van der Waals surface area contributed by atoms with Crippen LogP contribution in [0.2, 0.25) is 0 Å². The largest absolute Gasteiger partial charge is 1.00 e. The zero-order chi connectivity index (χ0) is 9.50. The maximum absolute atomic E-state index is 11.6. The molecular weight excluding hydrogens is 224 g/mol. The summed E-state index contributed by atoms with van der Waals surface area (Å²) in [5.74, 6) is 0. The van der Waals surface area contributed by atoms with E-state index in [1.165, 1.54) is 0 Å². The first-order valence-corrected chi connectivity index (χ1v) is 4.60. The first-order valence-electron chi connectivity index (χ1n) is 1.79. The van der Waals surface area contributed by atoms with Gasteiger partial charge >= 0.3 is 42.3 Å². The van der Waals surface area contributed by atoms with Crippen molar-refractivity contribution in [2.24, 2.45) is 0 Å². The SMILES string of the molecule is O=S(=O)([O-])C(F)(F)S(=O)(=O)[O-].[Li+].[Li+]. The summed E-state index contributed by atoms with van der Waals surface area (Å²) in [6.45, 7) is 0. The molecule has 0 amide bonds. The van der Waals surface area contributed by atoms with E-state index in [2.05, 4.69) is 0 Å². The van der Waals surface area contributed by atoms with E-state index < -0.39 is 24.8 Å². The molecule has 0 heterocycles. The summed E-state index contributed by atoms with van der Waals surface area (Å²) in [6.07, 6.45) is 0. The zero-order valence-corrected chi connectivity index (χ0v) is 8.15. The van der Waals surface area contributed by atoms with Crippen LogP contribution in [0.3, 0.4) is 0 Å². The van der Waals surface area contributed by atoms with Gasteiger partial charge in [0, 0.05) is 0 Å². The molecule has 0 aliphatic rings. The summed E-state index contributed by atoms with van der Waals surface area (Å²) in [5.41, 5.74) is 0. The third-order valence-electron chi connectivity index (χ3n) is 0.582. The summed E-state index contributed by atoms with van der Waals surface area (Å²) in [5, 5.41) is 0. The molecule has 0 unspecified atom stereocenters. The van der Waals surface area contributed by atoms with Gasteiger partial charge in [-0.05, 0) is 0 Å². The van der Waals surface area contributed by atoms with Crippen LogP contribution in [0.4, 0.5) is 8.78 Å². The molecule has 6 nitrogen and oxygen atoms in total. The van der Waals surface area contributed by atoms with Crippen LogP contribution in [0.1, 0.15) is 0 Å². The summed E-state index contributed by atoms with van der Waals surface area (Å²) in [4.78, 5) is 0. The third kappa shape index (κ3) is 4.27. The van der Waals surface area contributed by atoms with E-state index in [1.807, 2.05) is 0 Å². The van der Waals surface area contributed by atoms with Crippen LogP contribution >= 0.6 is 0 Å². The molecule has 0 bridgehead atoms. The monoisotopic (exact) mass is 224 g/mol. The van der Waals surface area contributed by atoms with Gasteiger partial charge in [0.15, 0.2) is 20.2 Å². The van der Waals surface area contributed by atoms with Crippen LogP contribution < -0.4 is 37.7 Å². The molecule has 13 heavy (non-hydrogen) atoms. The van der Waals surface area contributed by atoms with E-state index in [1.54, 1.807) is 0 Å². The predicted octanol–water partition coefficient (Wildman–Crippen LogP) is -7.36. The van der Waals surface area contributed by atoms with Crippen LogP contribution in [0, 0.1) is 0 Å². The van der Waals surface area contributed by atoms with Gasteiger partial charge in [0.2, 0.25) is 0 Å². The quantitative estimate of drug-likeness (QED) is 0.340. The van der Waals surface area contributed by atoms with Gasteiger partial charge in [-0.25, -0.2) is 16.8 Å². The van der Waals surface area contributed by atoms with Crippen molar-refractivity contribution in [2.45, 2.75) is 4.59 Å². The van der Waals surface area contributed by atoms with Crippen molar-refractivity contribution in [3.8, 4) is 0 Å². The van der Waals surface area contributed by atoms with Gasteiger partial charge in [-0.2, -0.15) is 8.78 Å². The fourth-order valence-corrected chi connectivity index (χ4v) is 1.12. The van der Waals surface area contributed by atoms with E-state index in [0.29, 0.717) is 0 Å². The Kier molecular flexibility index (Phi) is 7.62. The minimum absolute atomic E-state index is 0. The molecule has 12 heteroatoms. The van der Waals surface area contributed by atoms with Gasteiger partial charge < -0.3 is 9.11 Å². The topological polar surface area (TPSA) is 114 Å². The molecule has 0 aromatic heterocycles. The fraction of sp³-hybridized carbons (Fsp3) is 1.00. The molecule has 0 spiro atoms. The zero-order valence-electron chi connectivity index (χ0n) is 6.52. The van der Waals surface area contributed by atoms with Crippen molar-refractivity contribution >= 4 is 20.2 Å². The van der Waals surface area contributed by atoms with Gasteiger partial charge in [-0.1, -0.05) is 0 Å². The molecule has 0 aromatic rings. The summed E-state index contributed by atoms with van der Waals surface area (Å²) in [7, 11) is -12.9. The van der Waals surface area contributed by atoms with E-state index in [0.717, 1.165) is 0 Å². The van der Waals surface area contributed by atoms with Crippen LogP contribution in [0.25, 0.3) is 0 Å². The average molecular weight is 224 g/mol. The van der Waals surface area contributed by atoms with E-state index >= 15 is 0 Å². The Hall–Kier alpha value is 0.875. The average Bonchev–Trinajstić information content (AvgIpc) is 1.58. The first-order chi connectivity index (χ1) is 4.50. The standard InChI is InChI=1S/CH2F2O6S2.2Li/c2-1(3,10(4,5)6)11(7,8)9;;/h(H,4,5,6)(H,7,8,9);;/q;2*+1/p-2. The number of halogens is 2. The minimum atomic E-state index is -6.44. The van der Waals surface area contributed by atoms with Crippen molar-refractivity contribution in [3.05, 3.63) is 0 Å². The van der Waals surface area contributed by atoms with Gasteiger partial charge in [-0.15, -0.1) is 0 Å². The van der Waals surface area contributed by atoms with Crippen molar-refractivity contribution < 1.29 is 72.4 Å². The molecule has 0 N–H and O–H groups in total. The molecule has 0 radical (unpaired) electrons. The summed E-state index contributed by atoms with van der Waals surface area (Å²) >= 11 is 0. The molecular formula is CF2Li2O6S2. The maximum Gasteiger partial charge on any atom is 1.00 e. The number of rotatable bonds is 2. The van der Waals surface area contributed by atoms with Gasteiger partial charge in [-0.3, -0.25) is 0 Å².